The molecule has 0 radical (unpaired) electrons. The lowest BCUT2D eigenvalue weighted by Crippen LogP contribution is -2.13. The molecule has 1 aliphatic heterocycles. The van der Waals surface area contributed by atoms with Gasteiger partial charge in [0.15, 0.2) is 0 Å². The van der Waals surface area contributed by atoms with Gasteiger partial charge in [-0.1, -0.05) is 18.2 Å². The van der Waals surface area contributed by atoms with E-state index in [1.54, 1.807) is 16.9 Å². The van der Waals surface area contributed by atoms with Crippen molar-refractivity contribution < 1.29 is 4.79 Å². The summed E-state index contributed by atoms with van der Waals surface area (Å²) in [6.07, 6.45) is 1.64. The van der Waals surface area contributed by atoms with Crippen LogP contribution in [0.2, 0.25) is 0 Å². The Morgan fingerprint density at radius 1 is 1.27 bits per heavy atom. The number of fused-ring (bicyclic) bond motifs is 2. The second-order valence-corrected chi connectivity index (χ2v) is 3.49. The van der Waals surface area contributed by atoms with Crippen LogP contribution in [-0.4, -0.2) is 15.7 Å². The van der Waals surface area contributed by atoms with Gasteiger partial charge in [-0.15, -0.1) is 0 Å². The zero-order chi connectivity index (χ0) is 10.3. The molecular weight excluding hydrogens is 190 g/mol. The Kier molecular flexibility index (Phi) is 1.62. The van der Waals surface area contributed by atoms with E-state index in [2.05, 4.69) is 10.4 Å². The van der Waals surface area contributed by atoms with Crippen molar-refractivity contribution in [2.24, 2.45) is 0 Å². The van der Waals surface area contributed by atoms with Crippen LogP contribution in [0.1, 0.15) is 16.1 Å². The normalized spacial score (nSPS) is 13.7. The van der Waals surface area contributed by atoms with Gasteiger partial charge in [-0.05, 0) is 17.7 Å². The van der Waals surface area contributed by atoms with Crippen LogP contribution in [0.25, 0.3) is 0 Å². The molecule has 0 spiro atoms. The highest BCUT2D eigenvalue weighted by atomic mass is 16.2. The molecule has 0 saturated heterocycles. The molecule has 0 unspecified atom stereocenters. The summed E-state index contributed by atoms with van der Waals surface area (Å²) in [4.78, 5) is 11.8. The van der Waals surface area contributed by atoms with Gasteiger partial charge in [0.25, 0.3) is 5.91 Å². The van der Waals surface area contributed by atoms with Crippen molar-refractivity contribution in [3.63, 3.8) is 0 Å². The van der Waals surface area contributed by atoms with Crippen LogP contribution in [0.3, 0.4) is 0 Å². The summed E-state index contributed by atoms with van der Waals surface area (Å²) in [5.41, 5.74) is 2.55. The Morgan fingerprint density at radius 2 is 2.13 bits per heavy atom. The Balaban J connectivity index is 2.18. The quantitative estimate of drug-likeness (QED) is 0.698. The SMILES string of the molecule is O=C1Nc2ccccc2Cn2nccc21. The standard InChI is InChI=1S/C11H9N3O/c15-11-10-5-6-12-14(10)7-8-3-1-2-4-9(8)13-11/h1-6H,7H2,(H,13,15). The number of hydrogen-bond acceptors (Lipinski definition) is 2. The molecule has 1 amide bonds. The van der Waals surface area contributed by atoms with Crippen LogP contribution in [-0.2, 0) is 6.54 Å². The first-order valence-electron chi connectivity index (χ1n) is 4.76. The highest BCUT2D eigenvalue weighted by molar-refractivity contribution is 6.04. The topological polar surface area (TPSA) is 46.9 Å². The second-order valence-electron chi connectivity index (χ2n) is 3.49. The lowest BCUT2D eigenvalue weighted by molar-refractivity contribution is 0.101. The molecule has 0 bridgehead atoms. The number of carbonyl (C=O) groups is 1. The highest BCUT2D eigenvalue weighted by Gasteiger charge is 2.18. The van der Waals surface area contributed by atoms with E-state index >= 15 is 0 Å². The number of aromatic nitrogens is 2. The number of carbonyl (C=O) groups excluding carboxylic acids is 1. The van der Waals surface area contributed by atoms with E-state index < -0.39 is 0 Å². The van der Waals surface area contributed by atoms with Gasteiger partial charge in [-0.2, -0.15) is 5.10 Å². The van der Waals surface area contributed by atoms with Crippen molar-refractivity contribution in [3.05, 3.63) is 47.8 Å². The fraction of sp³-hybridized carbons (Fsp3) is 0.0909. The first-order valence-corrected chi connectivity index (χ1v) is 4.76. The van der Waals surface area contributed by atoms with Crippen molar-refractivity contribution in [3.8, 4) is 0 Å². The zero-order valence-electron chi connectivity index (χ0n) is 7.97. The first kappa shape index (κ1) is 8.23. The van der Waals surface area contributed by atoms with Crippen molar-refractivity contribution >= 4 is 11.6 Å². The number of hydrogen-bond donors (Lipinski definition) is 1. The summed E-state index contributed by atoms with van der Waals surface area (Å²) in [6.45, 7) is 0.636. The number of amides is 1. The molecule has 0 atom stereocenters. The second kappa shape index (κ2) is 2.95. The summed E-state index contributed by atoms with van der Waals surface area (Å²) in [5.74, 6) is -0.0996. The van der Waals surface area contributed by atoms with Crippen molar-refractivity contribution in [2.45, 2.75) is 6.54 Å². The maximum Gasteiger partial charge on any atom is 0.273 e. The molecule has 1 aliphatic rings. The Labute approximate surface area is 86.5 Å². The molecule has 0 fully saturated rings. The van der Waals surface area contributed by atoms with Crippen molar-refractivity contribution in [1.29, 1.82) is 0 Å². The summed E-state index contributed by atoms with van der Waals surface area (Å²) >= 11 is 0. The Morgan fingerprint density at radius 3 is 3.07 bits per heavy atom. The van der Waals surface area contributed by atoms with Gasteiger partial charge < -0.3 is 5.32 Å². The zero-order valence-corrected chi connectivity index (χ0v) is 7.97. The molecule has 2 heterocycles. The van der Waals surface area contributed by atoms with E-state index in [-0.39, 0.29) is 5.91 Å². The lowest BCUT2D eigenvalue weighted by Gasteiger charge is -2.04. The smallest absolute Gasteiger partial charge is 0.273 e. The summed E-state index contributed by atoms with van der Waals surface area (Å²) in [5, 5.41) is 6.99. The number of nitrogens with one attached hydrogen (secondary N) is 1. The van der Waals surface area contributed by atoms with Gasteiger partial charge in [-0.3, -0.25) is 9.48 Å². The van der Waals surface area contributed by atoms with Gasteiger partial charge in [0.05, 0.1) is 6.54 Å². The molecule has 1 N–H and O–H groups in total. The van der Waals surface area contributed by atoms with Crippen LogP contribution in [0.5, 0.6) is 0 Å². The number of rotatable bonds is 0. The lowest BCUT2D eigenvalue weighted by atomic mass is 10.2. The van der Waals surface area contributed by atoms with Gasteiger partial charge in [0, 0.05) is 11.9 Å². The third kappa shape index (κ3) is 1.22. The molecular formula is C11H9N3O. The van der Waals surface area contributed by atoms with Gasteiger partial charge in [-0.25, -0.2) is 0 Å². The third-order valence-corrected chi connectivity index (χ3v) is 2.53. The molecule has 2 aromatic rings. The predicted molar refractivity (Wildman–Crippen MR) is 55.7 cm³/mol. The fourth-order valence-electron chi connectivity index (χ4n) is 1.78. The molecule has 4 heteroatoms. The largest absolute Gasteiger partial charge is 0.320 e. The van der Waals surface area contributed by atoms with Crippen LogP contribution < -0.4 is 5.32 Å². The van der Waals surface area contributed by atoms with Gasteiger partial charge in [0.2, 0.25) is 0 Å². The highest BCUT2D eigenvalue weighted by Crippen LogP contribution is 2.20. The van der Waals surface area contributed by atoms with Crippen LogP contribution in [0.15, 0.2) is 36.5 Å². The summed E-state index contributed by atoms with van der Waals surface area (Å²) in [7, 11) is 0. The molecule has 1 aromatic carbocycles. The first-order chi connectivity index (χ1) is 7.34. The van der Waals surface area contributed by atoms with E-state index in [1.807, 2.05) is 24.3 Å². The molecule has 0 saturated carbocycles. The predicted octanol–water partition coefficient (Wildman–Crippen LogP) is 1.50. The van der Waals surface area contributed by atoms with Gasteiger partial charge >= 0.3 is 0 Å². The number of benzene rings is 1. The molecule has 4 nitrogen and oxygen atoms in total. The van der Waals surface area contributed by atoms with E-state index in [4.69, 9.17) is 0 Å². The minimum atomic E-state index is -0.0996. The van der Waals surface area contributed by atoms with E-state index in [0.717, 1.165) is 11.3 Å². The number of para-hydroxylation sites is 1. The molecule has 1 aromatic heterocycles. The fourth-order valence-corrected chi connectivity index (χ4v) is 1.78. The van der Waals surface area contributed by atoms with Crippen molar-refractivity contribution in [2.75, 3.05) is 5.32 Å². The van der Waals surface area contributed by atoms with E-state index in [0.29, 0.717) is 12.2 Å². The average molecular weight is 199 g/mol. The van der Waals surface area contributed by atoms with Crippen LogP contribution in [0, 0.1) is 0 Å². The van der Waals surface area contributed by atoms with Gasteiger partial charge in [0.1, 0.15) is 5.69 Å². The minimum absolute atomic E-state index is 0.0996. The summed E-state index contributed by atoms with van der Waals surface area (Å²) < 4.78 is 1.71. The minimum Gasteiger partial charge on any atom is -0.320 e. The third-order valence-electron chi connectivity index (χ3n) is 2.53. The monoisotopic (exact) mass is 199 g/mol. The maximum absolute atomic E-state index is 11.8. The molecule has 15 heavy (non-hydrogen) atoms. The molecule has 3 rings (SSSR count). The van der Waals surface area contributed by atoms with Crippen molar-refractivity contribution in [1.82, 2.24) is 9.78 Å². The summed E-state index contributed by atoms with van der Waals surface area (Å²) in [6, 6.07) is 9.49. The Hall–Kier alpha value is -2.10. The van der Waals surface area contributed by atoms with E-state index in [1.165, 1.54) is 0 Å². The maximum atomic E-state index is 11.8. The average Bonchev–Trinajstić information content (AvgIpc) is 2.64. The molecule has 74 valence electrons. The van der Waals surface area contributed by atoms with Crippen LogP contribution >= 0.6 is 0 Å². The number of nitrogens with zero attached hydrogens (tertiary/aromatic N) is 2. The van der Waals surface area contributed by atoms with E-state index in [9.17, 15) is 4.79 Å². The Bertz CT molecular complexity index is 530. The van der Waals surface area contributed by atoms with Crippen LogP contribution in [0.4, 0.5) is 5.69 Å². The molecule has 0 aliphatic carbocycles. The number of anilines is 1.